The number of aliphatic hydroxyl groups excluding tert-OH is 1. The number of carbonyl (C=O) groups excluding carboxylic acids is 1. The third kappa shape index (κ3) is 3.64. The van der Waals surface area contributed by atoms with Crippen molar-refractivity contribution in [3.8, 4) is 0 Å². The van der Waals surface area contributed by atoms with Crippen LogP contribution in [0.3, 0.4) is 0 Å². The molecular formula is C18H22O4. The fraction of sp³-hybridized carbons (Fsp3) is 0.389. The van der Waals surface area contributed by atoms with Gasteiger partial charge in [-0.05, 0) is 32.9 Å². The Kier molecular flexibility index (Phi) is 4.54. The third-order valence-electron chi connectivity index (χ3n) is 3.33. The highest BCUT2D eigenvalue weighted by Gasteiger charge is 2.38. The van der Waals surface area contributed by atoms with E-state index in [2.05, 4.69) is 0 Å². The number of benzene rings is 1. The molecule has 0 saturated carbocycles. The number of allylic oxidation sites excluding steroid dienone is 2. The Morgan fingerprint density at radius 1 is 1.23 bits per heavy atom. The highest BCUT2D eigenvalue weighted by atomic mass is 16.7. The lowest BCUT2D eigenvalue weighted by Crippen LogP contribution is -2.42. The number of carbonyl (C=O) groups is 1. The van der Waals surface area contributed by atoms with Gasteiger partial charge in [0.1, 0.15) is 5.76 Å². The van der Waals surface area contributed by atoms with Gasteiger partial charge in [0.2, 0.25) is 0 Å². The van der Waals surface area contributed by atoms with Crippen molar-refractivity contribution in [3.05, 3.63) is 59.4 Å². The van der Waals surface area contributed by atoms with Crippen molar-refractivity contribution < 1.29 is 19.4 Å². The lowest BCUT2D eigenvalue weighted by Gasteiger charge is -2.37. The van der Waals surface area contributed by atoms with Crippen LogP contribution in [0.1, 0.15) is 37.6 Å². The molecule has 0 aliphatic heterocycles. The number of ether oxygens (including phenoxy) is 2. The molecule has 1 unspecified atom stereocenters. The van der Waals surface area contributed by atoms with Gasteiger partial charge in [-0.2, -0.15) is 0 Å². The maximum atomic E-state index is 12.4. The Morgan fingerprint density at radius 3 is 2.36 bits per heavy atom. The molecule has 0 radical (unpaired) electrons. The number of Topliss-reactive ketones (excluding diaryl/α,β-unsaturated/α-hetero) is 1. The molecule has 118 valence electrons. The quantitative estimate of drug-likeness (QED) is 0.679. The summed E-state index contributed by atoms with van der Waals surface area (Å²) in [5.74, 6) is -1.29. The molecule has 0 aromatic heterocycles. The maximum Gasteiger partial charge on any atom is 0.196 e. The van der Waals surface area contributed by atoms with Crippen LogP contribution >= 0.6 is 0 Å². The van der Waals surface area contributed by atoms with Gasteiger partial charge in [0.05, 0.1) is 17.6 Å². The molecule has 0 amide bonds. The summed E-state index contributed by atoms with van der Waals surface area (Å²) in [5.41, 5.74) is 0.369. The minimum absolute atomic E-state index is 0.0255. The van der Waals surface area contributed by atoms with Crippen LogP contribution in [0, 0.1) is 0 Å². The number of rotatable bonds is 4. The van der Waals surface area contributed by atoms with Gasteiger partial charge in [0.25, 0.3) is 0 Å². The van der Waals surface area contributed by atoms with E-state index in [1.807, 2.05) is 26.8 Å². The van der Waals surface area contributed by atoms with Gasteiger partial charge in [-0.15, -0.1) is 0 Å². The topological polar surface area (TPSA) is 55.8 Å². The van der Waals surface area contributed by atoms with E-state index in [0.29, 0.717) is 5.56 Å². The van der Waals surface area contributed by atoms with Crippen molar-refractivity contribution in [1.82, 2.24) is 0 Å². The molecule has 0 saturated heterocycles. The Labute approximate surface area is 131 Å². The smallest absolute Gasteiger partial charge is 0.196 e. The van der Waals surface area contributed by atoms with E-state index < -0.39 is 11.4 Å². The van der Waals surface area contributed by atoms with Crippen LogP contribution in [0.4, 0.5) is 0 Å². The van der Waals surface area contributed by atoms with E-state index in [0.717, 1.165) is 0 Å². The fourth-order valence-electron chi connectivity index (χ4n) is 2.42. The SMILES string of the molecule is COC1(OC(C)(C)C)C=CC(C(=O)c2ccccc2)=C(O)C1. The predicted octanol–water partition coefficient (Wildman–Crippen LogP) is 3.80. The van der Waals surface area contributed by atoms with Crippen LogP contribution in [-0.4, -0.2) is 29.4 Å². The third-order valence-corrected chi connectivity index (χ3v) is 3.33. The Hall–Kier alpha value is -1.91. The van der Waals surface area contributed by atoms with E-state index in [1.54, 1.807) is 36.4 Å². The van der Waals surface area contributed by atoms with Crippen LogP contribution in [0.15, 0.2) is 53.8 Å². The molecule has 22 heavy (non-hydrogen) atoms. The molecule has 1 N–H and O–H groups in total. The first kappa shape index (κ1) is 16.5. The molecule has 4 heteroatoms. The average molecular weight is 302 g/mol. The average Bonchev–Trinajstić information content (AvgIpc) is 2.46. The molecule has 1 aliphatic carbocycles. The monoisotopic (exact) mass is 302 g/mol. The van der Waals surface area contributed by atoms with Crippen molar-refractivity contribution in [2.24, 2.45) is 0 Å². The number of hydrogen-bond donors (Lipinski definition) is 1. The first-order chi connectivity index (χ1) is 10.3. The molecule has 0 bridgehead atoms. The molecule has 1 atom stereocenters. The summed E-state index contributed by atoms with van der Waals surface area (Å²) >= 11 is 0. The largest absolute Gasteiger partial charge is 0.511 e. The molecule has 0 spiro atoms. The lowest BCUT2D eigenvalue weighted by molar-refractivity contribution is -0.239. The molecule has 4 nitrogen and oxygen atoms in total. The zero-order chi connectivity index (χ0) is 16.4. The maximum absolute atomic E-state index is 12.4. The molecular weight excluding hydrogens is 280 g/mol. The number of hydrogen-bond acceptors (Lipinski definition) is 4. The summed E-state index contributed by atoms with van der Waals surface area (Å²) in [6, 6.07) is 8.87. The van der Waals surface area contributed by atoms with Gasteiger partial charge in [-0.25, -0.2) is 0 Å². The Bertz CT molecular complexity index is 608. The molecule has 1 aromatic carbocycles. The van der Waals surface area contributed by atoms with E-state index in [9.17, 15) is 9.90 Å². The van der Waals surface area contributed by atoms with E-state index in [4.69, 9.17) is 9.47 Å². The van der Waals surface area contributed by atoms with E-state index in [1.165, 1.54) is 7.11 Å². The van der Waals surface area contributed by atoms with Crippen molar-refractivity contribution in [1.29, 1.82) is 0 Å². The van der Waals surface area contributed by atoms with E-state index >= 15 is 0 Å². The van der Waals surface area contributed by atoms with Gasteiger partial charge in [-0.3, -0.25) is 4.79 Å². The van der Waals surface area contributed by atoms with Crippen molar-refractivity contribution in [2.45, 2.75) is 38.6 Å². The first-order valence-corrected chi connectivity index (χ1v) is 7.23. The second kappa shape index (κ2) is 6.07. The van der Waals surface area contributed by atoms with Crippen LogP contribution in [-0.2, 0) is 9.47 Å². The second-order valence-corrected chi connectivity index (χ2v) is 6.30. The zero-order valence-electron chi connectivity index (χ0n) is 13.4. The summed E-state index contributed by atoms with van der Waals surface area (Å²) in [5, 5.41) is 10.3. The molecule has 1 aliphatic rings. The van der Waals surface area contributed by atoms with E-state index in [-0.39, 0.29) is 23.5 Å². The van der Waals surface area contributed by atoms with Gasteiger partial charge >= 0.3 is 0 Å². The Balaban J connectivity index is 2.26. The Morgan fingerprint density at radius 2 is 1.86 bits per heavy atom. The normalized spacial score (nSPS) is 22.0. The van der Waals surface area contributed by atoms with Crippen LogP contribution in [0.2, 0.25) is 0 Å². The highest BCUT2D eigenvalue weighted by Crippen LogP contribution is 2.34. The minimum Gasteiger partial charge on any atom is -0.511 e. The number of aliphatic hydroxyl groups is 1. The van der Waals surface area contributed by atoms with Gasteiger partial charge < -0.3 is 14.6 Å². The van der Waals surface area contributed by atoms with Crippen molar-refractivity contribution in [3.63, 3.8) is 0 Å². The fourth-order valence-corrected chi connectivity index (χ4v) is 2.42. The summed E-state index contributed by atoms with van der Waals surface area (Å²) < 4.78 is 11.3. The van der Waals surface area contributed by atoms with Gasteiger partial charge in [0.15, 0.2) is 11.6 Å². The molecule has 1 aromatic rings. The standard InChI is InChI=1S/C18H22O4/c1-17(2,3)22-18(21-4)11-10-14(15(19)12-18)16(20)13-8-6-5-7-9-13/h5-11,19H,12H2,1-4H3. The van der Waals surface area contributed by atoms with Crippen LogP contribution in [0.25, 0.3) is 0 Å². The number of methoxy groups -OCH3 is 1. The van der Waals surface area contributed by atoms with Gasteiger partial charge in [-0.1, -0.05) is 30.3 Å². The minimum atomic E-state index is -1.05. The summed E-state index contributed by atoms with van der Waals surface area (Å²) in [7, 11) is 1.52. The summed E-state index contributed by atoms with van der Waals surface area (Å²) in [6.45, 7) is 5.73. The first-order valence-electron chi connectivity index (χ1n) is 7.23. The van der Waals surface area contributed by atoms with Crippen molar-refractivity contribution >= 4 is 5.78 Å². The van der Waals surface area contributed by atoms with Crippen LogP contribution in [0.5, 0.6) is 0 Å². The molecule has 0 fully saturated rings. The zero-order valence-corrected chi connectivity index (χ0v) is 13.4. The lowest BCUT2D eigenvalue weighted by atomic mass is 9.93. The van der Waals surface area contributed by atoms with Crippen molar-refractivity contribution in [2.75, 3.05) is 7.11 Å². The number of ketones is 1. The molecule has 2 rings (SSSR count). The second-order valence-electron chi connectivity index (χ2n) is 6.30. The summed E-state index contributed by atoms with van der Waals surface area (Å²) in [4.78, 5) is 12.4. The highest BCUT2D eigenvalue weighted by molar-refractivity contribution is 6.11. The predicted molar refractivity (Wildman–Crippen MR) is 84.8 cm³/mol. The van der Waals surface area contributed by atoms with Crippen LogP contribution < -0.4 is 0 Å². The molecule has 0 heterocycles. The van der Waals surface area contributed by atoms with Gasteiger partial charge in [0, 0.05) is 12.7 Å². The summed E-state index contributed by atoms with van der Waals surface area (Å²) in [6.07, 6.45) is 3.36.